The Kier molecular flexibility index (Phi) is 5.01. The normalized spacial score (nSPS) is 11.6. The van der Waals surface area contributed by atoms with Gasteiger partial charge < -0.3 is 20.5 Å². The van der Waals surface area contributed by atoms with Gasteiger partial charge in [-0.05, 0) is 36.8 Å². The van der Waals surface area contributed by atoms with Crippen molar-refractivity contribution in [2.45, 2.75) is 13.0 Å². The fourth-order valence-corrected chi connectivity index (χ4v) is 2.17. The van der Waals surface area contributed by atoms with Gasteiger partial charge in [0.25, 0.3) is 5.91 Å². The molecule has 0 spiro atoms. The topological polar surface area (TPSA) is 73.6 Å². The van der Waals surface area contributed by atoms with Crippen LogP contribution >= 0.6 is 0 Å². The van der Waals surface area contributed by atoms with E-state index in [0.29, 0.717) is 22.7 Å². The molecule has 2 rings (SSSR count). The summed E-state index contributed by atoms with van der Waals surface area (Å²) in [6, 6.07) is 12.5. The van der Waals surface area contributed by atoms with Crippen LogP contribution < -0.4 is 20.5 Å². The van der Waals surface area contributed by atoms with Crippen LogP contribution in [0, 0.1) is 0 Å². The van der Waals surface area contributed by atoms with Gasteiger partial charge in [0.05, 0.1) is 14.2 Å². The Hall–Kier alpha value is -2.53. The molecule has 0 radical (unpaired) electrons. The molecule has 5 nitrogen and oxygen atoms in total. The zero-order valence-corrected chi connectivity index (χ0v) is 12.9. The zero-order valence-electron chi connectivity index (χ0n) is 12.9. The van der Waals surface area contributed by atoms with Crippen molar-refractivity contribution in [2.75, 3.05) is 19.5 Å². The molecule has 1 unspecified atom stereocenters. The molecular weight excluding hydrogens is 280 g/mol. The van der Waals surface area contributed by atoms with Crippen molar-refractivity contribution in [3.8, 4) is 11.5 Å². The van der Waals surface area contributed by atoms with Gasteiger partial charge in [-0.2, -0.15) is 0 Å². The highest BCUT2D eigenvalue weighted by Gasteiger charge is 2.18. The molecule has 0 heterocycles. The summed E-state index contributed by atoms with van der Waals surface area (Å²) in [7, 11) is 3.03. The number of carbonyl (C=O) groups is 1. The monoisotopic (exact) mass is 300 g/mol. The van der Waals surface area contributed by atoms with Gasteiger partial charge in [0.1, 0.15) is 17.1 Å². The summed E-state index contributed by atoms with van der Waals surface area (Å²) in [6.45, 7) is 1.89. The molecule has 116 valence electrons. The SMILES string of the molecule is COc1cccc(OC)c1C(=O)Nc1cccc(C(C)N)c1. The standard InChI is InChI=1S/C17H20N2O3/c1-11(18)12-6-4-7-13(10-12)19-17(20)16-14(21-2)8-5-9-15(16)22-3/h4-11H,18H2,1-3H3,(H,19,20). The van der Waals surface area contributed by atoms with Gasteiger partial charge in [0.2, 0.25) is 0 Å². The van der Waals surface area contributed by atoms with E-state index in [0.717, 1.165) is 5.56 Å². The molecule has 0 aliphatic carbocycles. The maximum atomic E-state index is 12.6. The number of carbonyl (C=O) groups excluding carboxylic acids is 1. The highest BCUT2D eigenvalue weighted by molar-refractivity contribution is 6.08. The molecule has 0 saturated heterocycles. The Morgan fingerprint density at radius 2 is 1.68 bits per heavy atom. The predicted octanol–water partition coefficient (Wildman–Crippen LogP) is 2.98. The van der Waals surface area contributed by atoms with E-state index >= 15 is 0 Å². The van der Waals surface area contributed by atoms with E-state index in [1.54, 1.807) is 18.2 Å². The number of ether oxygens (including phenoxy) is 2. The first-order valence-electron chi connectivity index (χ1n) is 6.94. The van der Waals surface area contributed by atoms with E-state index in [1.165, 1.54) is 14.2 Å². The van der Waals surface area contributed by atoms with E-state index in [2.05, 4.69) is 5.32 Å². The largest absolute Gasteiger partial charge is 0.496 e. The van der Waals surface area contributed by atoms with Crippen molar-refractivity contribution in [1.29, 1.82) is 0 Å². The Labute approximate surface area is 130 Å². The van der Waals surface area contributed by atoms with Gasteiger partial charge in [0, 0.05) is 11.7 Å². The first-order chi connectivity index (χ1) is 10.6. The second kappa shape index (κ2) is 6.95. The fourth-order valence-electron chi connectivity index (χ4n) is 2.17. The summed E-state index contributed by atoms with van der Waals surface area (Å²) in [5.74, 6) is 0.622. The number of methoxy groups -OCH3 is 2. The van der Waals surface area contributed by atoms with Crippen LogP contribution in [-0.4, -0.2) is 20.1 Å². The molecule has 0 aromatic heterocycles. The number of anilines is 1. The molecule has 0 bridgehead atoms. The molecule has 1 amide bonds. The van der Waals surface area contributed by atoms with Gasteiger partial charge in [-0.3, -0.25) is 4.79 Å². The summed E-state index contributed by atoms with van der Waals surface area (Å²) in [5, 5.41) is 2.85. The lowest BCUT2D eigenvalue weighted by Gasteiger charge is -2.14. The van der Waals surface area contributed by atoms with Crippen LogP contribution in [0.4, 0.5) is 5.69 Å². The van der Waals surface area contributed by atoms with E-state index < -0.39 is 0 Å². The zero-order chi connectivity index (χ0) is 16.1. The minimum atomic E-state index is -0.295. The minimum absolute atomic E-state index is 0.0994. The first kappa shape index (κ1) is 15.9. The summed E-state index contributed by atoms with van der Waals surface area (Å²) < 4.78 is 10.5. The lowest BCUT2D eigenvalue weighted by atomic mass is 10.1. The molecule has 3 N–H and O–H groups in total. The van der Waals surface area contributed by atoms with Crippen LogP contribution in [0.1, 0.15) is 28.9 Å². The summed E-state index contributed by atoms with van der Waals surface area (Å²) in [4.78, 5) is 12.6. The predicted molar refractivity (Wildman–Crippen MR) is 86.5 cm³/mol. The van der Waals surface area contributed by atoms with Gasteiger partial charge >= 0.3 is 0 Å². The van der Waals surface area contributed by atoms with Gasteiger partial charge in [-0.25, -0.2) is 0 Å². The molecular formula is C17H20N2O3. The lowest BCUT2D eigenvalue weighted by molar-refractivity contribution is 0.102. The number of hydrogen-bond donors (Lipinski definition) is 2. The third-order valence-electron chi connectivity index (χ3n) is 3.33. The average molecular weight is 300 g/mol. The van der Waals surface area contributed by atoms with Crippen LogP contribution in [0.3, 0.4) is 0 Å². The number of nitrogens with two attached hydrogens (primary N) is 1. The minimum Gasteiger partial charge on any atom is -0.496 e. The van der Waals surface area contributed by atoms with Crippen molar-refractivity contribution < 1.29 is 14.3 Å². The van der Waals surface area contributed by atoms with E-state index in [9.17, 15) is 4.79 Å². The van der Waals surface area contributed by atoms with Gasteiger partial charge in [-0.15, -0.1) is 0 Å². The molecule has 0 aliphatic heterocycles. The molecule has 0 saturated carbocycles. The van der Waals surface area contributed by atoms with E-state index in [-0.39, 0.29) is 11.9 Å². The molecule has 2 aromatic carbocycles. The molecule has 0 aliphatic rings. The number of rotatable bonds is 5. The number of amides is 1. The van der Waals surface area contributed by atoms with Gasteiger partial charge in [-0.1, -0.05) is 18.2 Å². The maximum absolute atomic E-state index is 12.6. The number of nitrogens with one attached hydrogen (secondary N) is 1. The van der Waals surface area contributed by atoms with Crippen molar-refractivity contribution in [3.05, 3.63) is 53.6 Å². The average Bonchev–Trinajstić information content (AvgIpc) is 2.54. The molecule has 5 heteroatoms. The highest BCUT2D eigenvalue weighted by atomic mass is 16.5. The van der Waals surface area contributed by atoms with Crippen LogP contribution in [0.25, 0.3) is 0 Å². The summed E-state index contributed by atoms with van der Waals surface area (Å²) in [5.41, 5.74) is 7.85. The summed E-state index contributed by atoms with van der Waals surface area (Å²) in [6.07, 6.45) is 0. The van der Waals surface area contributed by atoms with E-state index in [4.69, 9.17) is 15.2 Å². The highest BCUT2D eigenvalue weighted by Crippen LogP contribution is 2.29. The Morgan fingerprint density at radius 1 is 1.09 bits per heavy atom. The van der Waals surface area contributed by atoms with Crippen molar-refractivity contribution in [3.63, 3.8) is 0 Å². The quantitative estimate of drug-likeness (QED) is 0.890. The Morgan fingerprint density at radius 3 is 2.23 bits per heavy atom. The fraction of sp³-hybridized carbons (Fsp3) is 0.235. The van der Waals surface area contributed by atoms with Gasteiger partial charge in [0.15, 0.2) is 0 Å². The molecule has 22 heavy (non-hydrogen) atoms. The van der Waals surface area contributed by atoms with Crippen molar-refractivity contribution in [2.24, 2.45) is 5.73 Å². The lowest BCUT2D eigenvalue weighted by Crippen LogP contribution is -2.15. The third-order valence-corrected chi connectivity index (χ3v) is 3.33. The van der Waals surface area contributed by atoms with Crippen molar-refractivity contribution >= 4 is 11.6 Å². The number of hydrogen-bond acceptors (Lipinski definition) is 4. The summed E-state index contributed by atoms with van der Waals surface area (Å²) >= 11 is 0. The van der Waals surface area contributed by atoms with Crippen LogP contribution in [0.5, 0.6) is 11.5 Å². The van der Waals surface area contributed by atoms with Crippen molar-refractivity contribution in [1.82, 2.24) is 0 Å². The number of benzene rings is 2. The van der Waals surface area contributed by atoms with E-state index in [1.807, 2.05) is 31.2 Å². The second-order valence-corrected chi connectivity index (χ2v) is 4.91. The maximum Gasteiger partial charge on any atom is 0.263 e. The van der Waals surface area contributed by atoms with Crippen LogP contribution in [-0.2, 0) is 0 Å². The third kappa shape index (κ3) is 3.38. The Bertz CT molecular complexity index is 646. The molecule has 0 fully saturated rings. The second-order valence-electron chi connectivity index (χ2n) is 4.91. The Balaban J connectivity index is 2.32. The first-order valence-corrected chi connectivity index (χ1v) is 6.94. The van der Waals surface area contributed by atoms with Crippen LogP contribution in [0.15, 0.2) is 42.5 Å². The molecule has 2 aromatic rings. The van der Waals surface area contributed by atoms with Crippen LogP contribution in [0.2, 0.25) is 0 Å². The molecule has 1 atom stereocenters. The smallest absolute Gasteiger partial charge is 0.263 e.